The average Bonchev–Trinajstić information content (AvgIpc) is 3.37. The van der Waals surface area contributed by atoms with E-state index in [2.05, 4.69) is 33.2 Å². The second-order valence-electron chi connectivity index (χ2n) is 16.4. The van der Waals surface area contributed by atoms with Gasteiger partial charge in [0.05, 0.1) is 28.7 Å². The topological polar surface area (TPSA) is 209 Å². The number of amides is 6. The van der Waals surface area contributed by atoms with Gasteiger partial charge in [-0.3, -0.25) is 19.2 Å². The maximum absolute atomic E-state index is 14.4. The number of nitrogens with zero attached hydrogens (tertiary/aromatic N) is 1. The molecule has 5 N–H and O–H groups in total. The summed E-state index contributed by atoms with van der Waals surface area (Å²) in [4.78, 5) is 82.0. The summed E-state index contributed by atoms with van der Waals surface area (Å²) in [6.45, 7) is 13.0. The lowest BCUT2D eigenvalue weighted by atomic mass is 9.83. The van der Waals surface area contributed by atoms with E-state index in [9.17, 15) is 37.2 Å². The zero-order chi connectivity index (χ0) is 38.5. The Morgan fingerprint density at radius 3 is 2.37 bits per heavy atom. The number of urea groups is 1. The van der Waals surface area contributed by atoms with Crippen molar-refractivity contribution >= 4 is 45.5 Å². The molecule has 52 heavy (non-hydrogen) atoms. The molecule has 6 amide bonds. The number of cyclic esters (lactones) is 1. The van der Waals surface area contributed by atoms with Crippen molar-refractivity contribution < 1.29 is 41.9 Å². The number of rotatable bonds is 8. The van der Waals surface area contributed by atoms with Crippen molar-refractivity contribution in [2.45, 2.75) is 127 Å². The van der Waals surface area contributed by atoms with E-state index in [4.69, 9.17) is 4.74 Å². The minimum Gasteiger partial charge on any atom is -0.450 e. The van der Waals surface area contributed by atoms with Crippen LogP contribution in [0.5, 0.6) is 0 Å². The maximum atomic E-state index is 14.4. The molecule has 0 aromatic rings. The van der Waals surface area contributed by atoms with Gasteiger partial charge in [-0.25, -0.2) is 18.0 Å². The van der Waals surface area contributed by atoms with Gasteiger partial charge in [0.2, 0.25) is 17.6 Å². The molecule has 2 heterocycles. The van der Waals surface area contributed by atoms with Crippen LogP contribution in [0, 0.1) is 17.3 Å². The molecule has 0 spiro atoms. The van der Waals surface area contributed by atoms with Crippen LogP contribution in [-0.2, 0) is 33.8 Å². The van der Waals surface area contributed by atoms with Crippen LogP contribution in [0.3, 0.4) is 0 Å². The second kappa shape index (κ2) is 16.5. The van der Waals surface area contributed by atoms with Gasteiger partial charge in [-0.15, -0.1) is 6.58 Å². The summed E-state index contributed by atoms with van der Waals surface area (Å²) in [5.41, 5.74) is -1.28. The Bertz CT molecular complexity index is 1500. The Morgan fingerprint density at radius 1 is 1.02 bits per heavy atom. The van der Waals surface area contributed by atoms with Crippen LogP contribution in [0.1, 0.15) is 98.8 Å². The van der Waals surface area contributed by atoms with E-state index in [1.54, 1.807) is 20.8 Å². The number of ether oxygens (including phenoxy) is 1. The van der Waals surface area contributed by atoms with Crippen molar-refractivity contribution in [3.05, 3.63) is 12.7 Å². The number of sulfone groups is 1. The highest BCUT2D eigenvalue weighted by Gasteiger charge is 2.69. The third-order valence-electron chi connectivity index (χ3n) is 11.3. The predicted octanol–water partition coefficient (Wildman–Crippen LogP) is 2.10. The molecule has 16 heteroatoms. The molecule has 2 saturated heterocycles. The van der Waals surface area contributed by atoms with Gasteiger partial charge in [-0.05, 0) is 83.0 Å². The first kappa shape index (κ1) is 41.1. The molecule has 2 aliphatic carbocycles. The summed E-state index contributed by atoms with van der Waals surface area (Å²) >= 11 is 0. The zero-order valence-electron chi connectivity index (χ0n) is 31.3. The third kappa shape index (κ3) is 9.64. The largest absolute Gasteiger partial charge is 0.450 e. The molecule has 0 aromatic carbocycles. The third-order valence-corrected chi connectivity index (χ3v) is 14.1. The Morgan fingerprint density at radius 2 is 1.71 bits per heavy atom. The molecule has 2 saturated carbocycles. The summed E-state index contributed by atoms with van der Waals surface area (Å²) in [5, 5.41) is 13.6. The van der Waals surface area contributed by atoms with Gasteiger partial charge in [-0.2, -0.15) is 0 Å². The van der Waals surface area contributed by atoms with Crippen LogP contribution >= 0.6 is 0 Å². The van der Waals surface area contributed by atoms with Crippen LogP contribution < -0.4 is 26.6 Å². The van der Waals surface area contributed by atoms with Gasteiger partial charge in [0, 0.05) is 19.6 Å². The van der Waals surface area contributed by atoms with E-state index < -0.39 is 73.9 Å². The number of nitrogens with one attached hydrogen (secondary N) is 5. The normalized spacial score (nSPS) is 28.4. The first-order valence-electron chi connectivity index (χ1n) is 18.6. The van der Waals surface area contributed by atoms with Gasteiger partial charge in [-0.1, -0.05) is 39.2 Å². The predicted molar refractivity (Wildman–Crippen MR) is 194 cm³/mol. The number of carbonyl (C=O) groups is 6. The number of ketones is 1. The lowest BCUT2D eigenvalue weighted by molar-refractivity contribution is -0.144. The molecule has 0 bridgehead atoms. The molecule has 0 radical (unpaired) electrons. The molecule has 4 aliphatic rings. The van der Waals surface area contributed by atoms with E-state index in [1.165, 1.54) is 11.0 Å². The van der Waals surface area contributed by atoms with E-state index in [-0.39, 0.29) is 68.5 Å². The maximum Gasteiger partial charge on any atom is 0.407 e. The first-order chi connectivity index (χ1) is 24.3. The van der Waals surface area contributed by atoms with Crippen molar-refractivity contribution in [3.8, 4) is 0 Å². The van der Waals surface area contributed by atoms with Crippen molar-refractivity contribution in [1.82, 2.24) is 31.5 Å². The van der Waals surface area contributed by atoms with E-state index in [0.29, 0.717) is 25.7 Å². The summed E-state index contributed by atoms with van der Waals surface area (Å²) in [7, 11) is -3.61. The van der Waals surface area contributed by atoms with Crippen molar-refractivity contribution in [3.63, 3.8) is 0 Å². The quantitative estimate of drug-likeness (QED) is 0.182. The van der Waals surface area contributed by atoms with E-state index in [1.807, 2.05) is 13.8 Å². The molecular weight excluding hydrogens is 692 g/mol. The van der Waals surface area contributed by atoms with E-state index >= 15 is 0 Å². The highest BCUT2D eigenvalue weighted by molar-refractivity contribution is 7.92. The fourth-order valence-corrected chi connectivity index (χ4v) is 9.44. The fraction of sp³-hybridized carbons (Fsp3) is 0.778. The summed E-state index contributed by atoms with van der Waals surface area (Å²) in [6, 6.07) is -3.97. The molecule has 292 valence electrons. The highest BCUT2D eigenvalue weighted by Crippen LogP contribution is 2.65. The van der Waals surface area contributed by atoms with Gasteiger partial charge >= 0.3 is 12.1 Å². The number of piperidine rings is 1. The Labute approximate surface area is 307 Å². The standard InChI is InChI=1S/C36H58N6O9S/c1-7-18-37-30(45)28(43)24-14-9-12-19-38-33(48)51-20-13-15-25(31(46)42-21-23-26(35(23,5)6)27(42)29(44)39-24)40-32(47)41-36(16-10-8-11-17-36)22-52(49,50)34(2,3)4/h7,23-27H,1,8-22H2,2-6H3,(H,37,45)(H,38,48)(H,39,44)(H2,40,41,47)/t23-,24+,25+,26-,27-/m0/s1. The number of hydrogen-bond acceptors (Lipinski definition) is 9. The van der Waals surface area contributed by atoms with Crippen molar-refractivity contribution in [1.29, 1.82) is 0 Å². The molecule has 5 atom stereocenters. The van der Waals surface area contributed by atoms with Crippen LogP contribution in [-0.4, -0.2) is 109 Å². The minimum absolute atomic E-state index is 0.00236. The number of hydrogen-bond donors (Lipinski definition) is 5. The van der Waals surface area contributed by atoms with Crippen LogP contribution in [0.4, 0.5) is 9.59 Å². The number of alkyl carbamates (subject to hydrolysis) is 1. The zero-order valence-corrected chi connectivity index (χ0v) is 32.1. The molecule has 15 nitrogen and oxygen atoms in total. The average molecular weight is 751 g/mol. The minimum atomic E-state index is -3.61. The van der Waals surface area contributed by atoms with Gasteiger partial charge in [0.15, 0.2) is 9.84 Å². The monoisotopic (exact) mass is 750 g/mol. The summed E-state index contributed by atoms with van der Waals surface area (Å²) in [6.07, 6.45) is 5.36. The summed E-state index contributed by atoms with van der Waals surface area (Å²) < 4.78 is 31.0. The Hall–Kier alpha value is -3.69. The lowest BCUT2D eigenvalue weighted by Gasteiger charge is -2.40. The molecule has 0 unspecified atom stereocenters. The highest BCUT2D eigenvalue weighted by atomic mass is 32.2. The van der Waals surface area contributed by atoms with Gasteiger partial charge < -0.3 is 36.2 Å². The van der Waals surface area contributed by atoms with Crippen LogP contribution in [0.2, 0.25) is 0 Å². The number of carbonyl (C=O) groups excluding carboxylic acids is 6. The van der Waals surface area contributed by atoms with Gasteiger partial charge in [0.1, 0.15) is 12.1 Å². The van der Waals surface area contributed by atoms with Gasteiger partial charge in [0.25, 0.3) is 5.91 Å². The lowest BCUT2D eigenvalue weighted by Crippen LogP contribution is -2.62. The van der Waals surface area contributed by atoms with Crippen molar-refractivity contribution in [2.75, 3.05) is 32.0 Å². The van der Waals surface area contributed by atoms with Crippen LogP contribution in [0.15, 0.2) is 12.7 Å². The molecule has 2 aliphatic heterocycles. The Kier molecular flexibility index (Phi) is 13.1. The summed E-state index contributed by atoms with van der Waals surface area (Å²) in [5.74, 6) is -3.23. The molecule has 0 aromatic heterocycles. The fourth-order valence-electron chi connectivity index (χ4n) is 7.92. The second-order valence-corrected chi connectivity index (χ2v) is 19.1. The first-order valence-corrected chi connectivity index (χ1v) is 20.2. The molecular formula is C36H58N6O9S. The molecule has 4 rings (SSSR count). The number of fused-ring (bicyclic) bond motifs is 3. The Balaban J connectivity index is 1.61. The van der Waals surface area contributed by atoms with Crippen LogP contribution in [0.25, 0.3) is 0 Å². The molecule has 4 fully saturated rings. The van der Waals surface area contributed by atoms with E-state index in [0.717, 1.165) is 19.3 Å². The SMILES string of the molecule is C=CCNC(=O)C(=O)[C@H]1CCCCNC(=O)OCCC[C@@H](NC(=O)NC2(CS(=O)(=O)C(C)(C)C)CCCCC2)C(=O)N2C[C@H]3[C@@H]([C@H]2C(=O)N1)C3(C)C. The smallest absolute Gasteiger partial charge is 0.407 e. The number of Topliss-reactive ketones (excluding diaryl/α,β-unsaturated/α-hetero) is 1. The van der Waals surface area contributed by atoms with Crippen molar-refractivity contribution in [2.24, 2.45) is 17.3 Å².